The van der Waals surface area contributed by atoms with Crippen molar-refractivity contribution in [2.75, 3.05) is 32.7 Å². The summed E-state index contributed by atoms with van der Waals surface area (Å²) in [5.41, 5.74) is -1.12. The van der Waals surface area contributed by atoms with Gasteiger partial charge in [-0.25, -0.2) is 9.59 Å². The van der Waals surface area contributed by atoms with Gasteiger partial charge in [0.25, 0.3) is 5.91 Å². The maximum atomic E-state index is 14.4. The average Bonchev–Trinajstić information content (AvgIpc) is 3.45. The van der Waals surface area contributed by atoms with Crippen LogP contribution in [-0.4, -0.2) is 102 Å². The molecule has 0 aliphatic carbocycles. The third kappa shape index (κ3) is 11.2. The van der Waals surface area contributed by atoms with Crippen LogP contribution in [0, 0.1) is 22.7 Å². The van der Waals surface area contributed by atoms with Crippen LogP contribution in [0.5, 0.6) is 0 Å². The average molecular weight is 676 g/mol. The molecule has 0 saturated carbocycles. The molecule has 0 aromatic heterocycles. The zero-order valence-electron chi connectivity index (χ0n) is 30.7. The van der Waals surface area contributed by atoms with E-state index in [1.54, 1.807) is 4.90 Å². The number of rotatable bonds is 15. The molecule has 7 amide bonds. The normalized spacial score (nSPS) is 20.3. The smallest absolute Gasteiger partial charge is 0.317 e. The number of nitrogens with one attached hydrogen (secondary N) is 5. The van der Waals surface area contributed by atoms with Crippen LogP contribution in [0.15, 0.2) is 12.7 Å². The lowest BCUT2D eigenvalue weighted by molar-refractivity contribution is -0.144. The number of hydrogen-bond donors (Lipinski definition) is 5. The van der Waals surface area contributed by atoms with Crippen LogP contribution in [-0.2, 0) is 19.2 Å². The van der Waals surface area contributed by atoms with Gasteiger partial charge in [0.05, 0.1) is 12.1 Å². The Hall–Kier alpha value is -3.64. The van der Waals surface area contributed by atoms with Crippen molar-refractivity contribution in [3.05, 3.63) is 12.7 Å². The summed E-state index contributed by atoms with van der Waals surface area (Å²) in [7, 11) is 0. The molecule has 5 N–H and O–H groups in total. The van der Waals surface area contributed by atoms with Gasteiger partial charge in [-0.2, -0.15) is 0 Å². The van der Waals surface area contributed by atoms with Crippen molar-refractivity contribution in [2.24, 2.45) is 22.7 Å². The van der Waals surface area contributed by atoms with Gasteiger partial charge < -0.3 is 36.4 Å². The van der Waals surface area contributed by atoms with E-state index in [9.17, 15) is 28.8 Å². The number of carbonyl (C=O) groups excluding carboxylic acids is 6. The first-order valence-electron chi connectivity index (χ1n) is 17.5. The Morgan fingerprint density at radius 2 is 1.67 bits per heavy atom. The number of likely N-dealkylation sites (tertiary alicyclic amines) is 1. The first kappa shape index (κ1) is 40.5. The lowest BCUT2D eigenvalue weighted by atomic mass is 9.84. The van der Waals surface area contributed by atoms with Crippen LogP contribution in [0.2, 0.25) is 0 Å². The number of urea groups is 2. The molecule has 2 fully saturated rings. The number of ketones is 1. The Kier molecular flexibility index (Phi) is 14.9. The summed E-state index contributed by atoms with van der Waals surface area (Å²) in [6.45, 7) is 22.9. The fraction of sp³-hybridized carbons (Fsp3) is 0.771. The molecule has 48 heavy (non-hydrogen) atoms. The Balaban J connectivity index is 2.32. The second-order valence-corrected chi connectivity index (χ2v) is 15.6. The summed E-state index contributed by atoms with van der Waals surface area (Å²) in [5.74, 6) is -2.58. The van der Waals surface area contributed by atoms with E-state index < -0.39 is 64.5 Å². The maximum absolute atomic E-state index is 14.4. The summed E-state index contributed by atoms with van der Waals surface area (Å²) in [6.07, 6.45) is 4.52. The molecule has 0 bridgehead atoms. The summed E-state index contributed by atoms with van der Waals surface area (Å²) in [6, 6.07) is -4.04. The van der Waals surface area contributed by atoms with E-state index in [0.717, 1.165) is 12.8 Å². The summed E-state index contributed by atoms with van der Waals surface area (Å²) in [4.78, 5) is 83.2. The van der Waals surface area contributed by atoms with E-state index in [1.807, 2.05) is 62.3 Å². The standard InChI is InChI=1S/C35H61N7O6/c1-11-13-15-24(27(43)30(45)36-17-12-2)38-29(44)26-23(22(3)4)16-20-42(26)31(46)28(35(8,9)10)40-32(47)39-25(34(5,6)7)21-41-19-14-18-37-33(41)48/h12,22-26,28H,2,11,13-21H2,1,3-10H3,(H,36,45)(H,37,48)(H,38,44)(H2,39,40,47)/t23-,24?,25-,26+,28-/m1/s1. The van der Waals surface area contributed by atoms with Crippen LogP contribution in [0.4, 0.5) is 9.59 Å². The van der Waals surface area contributed by atoms with Gasteiger partial charge in [0.1, 0.15) is 12.1 Å². The Bertz CT molecular complexity index is 1170. The molecule has 0 aromatic rings. The van der Waals surface area contributed by atoms with Crippen LogP contribution in [0.1, 0.15) is 94.4 Å². The molecule has 2 aliphatic heterocycles. The molecule has 2 heterocycles. The fourth-order valence-electron chi connectivity index (χ4n) is 6.20. The predicted octanol–water partition coefficient (Wildman–Crippen LogP) is 2.95. The number of amides is 7. The molecular weight excluding hydrogens is 614 g/mol. The molecule has 2 aliphatic rings. The van der Waals surface area contributed by atoms with Gasteiger partial charge in [-0.3, -0.25) is 19.2 Å². The topological polar surface area (TPSA) is 169 Å². The lowest BCUT2D eigenvalue weighted by Crippen LogP contribution is -2.63. The van der Waals surface area contributed by atoms with Crippen molar-refractivity contribution in [1.82, 2.24) is 36.4 Å². The largest absolute Gasteiger partial charge is 0.346 e. The quantitative estimate of drug-likeness (QED) is 0.132. The summed E-state index contributed by atoms with van der Waals surface area (Å²) in [5, 5.41) is 14.1. The minimum atomic E-state index is -1.04. The van der Waals surface area contributed by atoms with Crippen LogP contribution < -0.4 is 26.6 Å². The molecular formula is C35H61N7O6. The molecule has 0 radical (unpaired) electrons. The molecule has 272 valence electrons. The lowest BCUT2D eigenvalue weighted by Gasteiger charge is -2.39. The Morgan fingerprint density at radius 3 is 2.21 bits per heavy atom. The second-order valence-electron chi connectivity index (χ2n) is 15.6. The SMILES string of the molecule is C=CCNC(=O)C(=O)C(CCCC)NC(=O)[C@@H]1[C@@H](C(C)C)CCN1C(=O)[C@@H](NC(=O)N[C@H](CN1CCCNC1=O)C(C)(C)C)C(C)(C)C. The van der Waals surface area contributed by atoms with E-state index in [4.69, 9.17) is 0 Å². The Morgan fingerprint density at radius 1 is 1.00 bits per heavy atom. The number of hydrogen-bond acceptors (Lipinski definition) is 6. The molecule has 2 saturated heterocycles. The maximum Gasteiger partial charge on any atom is 0.317 e. The monoisotopic (exact) mass is 675 g/mol. The van der Waals surface area contributed by atoms with Gasteiger partial charge in [0.15, 0.2) is 0 Å². The molecule has 0 aromatic carbocycles. The third-order valence-corrected chi connectivity index (χ3v) is 9.27. The highest BCUT2D eigenvalue weighted by molar-refractivity contribution is 6.38. The molecule has 2 rings (SSSR count). The second kappa shape index (κ2) is 17.7. The molecule has 0 spiro atoms. The zero-order chi connectivity index (χ0) is 36.4. The van der Waals surface area contributed by atoms with Gasteiger partial charge in [-0.15, -0.1) is 6.58 Å². The number of unbranched alkanes of at least 4 members (excludes halogenated alkanes) is 1. The van der Waals surface area contributed by atoms with Crippen LogP contribution >= 0.6 is 0 Å². The number of Topliss-reactive ketones (excluding diaryl/α,β-unsaturated/α-hetero) is 1. The van der Waals surface area contributed by atoms with Crippen LogP contribution in [0.3, 0.4) is 0 Å². The van der Waals surface area contributed by atoms with Crippen molar-refractivity contribution in [1.29, 1.82) is 0 Å². The highest BCUT2D eigenvalue weighted by Gasteiger charge is 2.48. The first-order chi connectivity index (χ1) is 22.3. The van der Waals surface area contributed by atoms with Gasteiger partial charge in [0.2, 0.25) is 17.6 Å². The first-order valence-corrected chi connectivity index (χ1v) is 17.5. The van der Waals surface area contributed by atoms with E-state index in [2.05, 4.69) is 33.2 Å². The number of carbonyl (C=O) groups is 6. The summed E-state index contributed by atoms with van der Waals surface area (Å²) >= 11 is 0. The van der Waals surface area contributed by atoms with Crippen molar-refractivity contribution in [3.63, 3.8) is 0 Å². The Labute approximate surface area is 287 Å². The third-order valence-electron chi connectivity index (χ3n) is 9.27. The highest BCUT2D eigenvalue weighted by Crippen LogP contribution is 2.33. The van der Waals surface area contributed by atoms with Crippen molar-refractivity contribution in [2.45, 2.75) is 119 Å². The van der Waals surface area contributed by atoms with Crippen LogP contribution in [0.25, 0.3) is 0 Å². The number of nitrogens with zero attached hydrogens (tertiary/aromatic N) is 2. The van der Waals surface area contributed by atoms with Crippen molar-refractivity contribution in [3.8, 4) is 0 Å². The van der Waals surface area contributed by atoms with E-state index in [-0.39, 0.29) is 30.8 Å². The predicted molar refractivity (Wildman–Crippen MR) is 186 cm³/mol. The van der Waals surface area contributed by atoms with Gasteiger partial charge in [-0.1, -0.05) is 81.2 Å². The zero-order valence-corrected chi connectivity index (χ0v) is 30.7. The fourth-order valence-corrected chi connectivity index (χ4v) is 6.20. The molecule has 13 nitrogen and oxygen atoms in total. The minimum absolute atomic E-state index is 0.0445. The highest BCUT2D eigenvalue weighted by atomic mass is 16.2. The molecule has 13 heteroatoms. The minimum Gasteiger partial charge on any atom is -0.346 e. The van der Waals surface area contributed by atoms with Crippen molar-refractivity contribution >= 4 is 35.6 Å². The van der Waals surface area contributed by atoms with E-state index >= 15 is 0 Å². The molecule has 5 atom stereocenters. The summed E-state index contributed by atoms with van der Waals surface area (Å²) < 4.78 is 0. The van der Waals surface area contributed by atoms with Gasteiger partial charge in [-0.05, 0) is 41.9 Å². The molecule has 1 unspecified atom stereocenters. The van der Waals surface area contributed by atoms with Crippen molar-refractivity contribution < 1.29 is 28.8 Å². The van der Waals surface area contributed by atoms with Gasteiger partial charge in [0, 0.05) is 32.7 Å². The van der Waals surface area contributed by atoms with E-state index in [0.29, 0.717) is 39.0 Å². The van der Waals surface area contributed by atoms with E-state index in [1.165, 1.54) is 11.0 Å². The van der Waals surface area contributed by atoms with Gasteiger partial charge >= 0.3 is 12.1 Å².